The van der Waals surface area contributed by atoms with Crippen molar-refractivity contribution < 1.29 is 17.9 Å². The summed E-state index contributed by atoms with van der Waals surface area (Å²) in [6, 6.07) is 12.8. The summed E-state index contributed by atoms with van der Waals surface area (Å²) in [5, 5.41) is 4.06. The van der Waals surface area contributed by atoms with Gasteiger partial charge in [0.1, 0.15) is 11.9 Å². The van der Waals surface area contributed by atoms with Gasteiger partial charge in [0.2, 0.25) is 17.6 Å². The number of likely N-dealkylation sites (tertiary alicyclic amines) is 1. The Morgan fingerprint density at radius 2 is 2.03 bits per heavy atom. The molecule has 7 nitrogen and oxygen atoms in total. The van der Waals surface area contributed by atoms with Crippen LogP contribution in [0.15, 0.2) is 57.9 Å². The molecular formula is C23H25FN4O3S. The van der Waals surface area contributed by atoms with E-state index >= 15 is 0 Å². The first-order valence-corrected chi connectivity index (χ1v) is 12.0. The second-order valence-corrected chi connectivity index (χ2v) is 9.32. The second-order valence-electron chi connectivity index (χ2n) is 7.94. The first-order chi connectivity index (χ1) is 15.4. The summed E-state index contributed by atoms with van der Waals surface area (Å²) in [5.41, 5.74) is 7.41. The average molecular weight is 457 g/mol. The molecule has 3 atom stereocenters. The second kappa shape index (κ2) is 9.70. The molecule has 3 unspecified atom stereocenters. The lowest BCUT2D eigenvalue weighted by Gasteiger charge is -2.23. The number of carbonyl (C=O) groups excluding carboxylic acids is 1. The predicted octanol–water partition coefficient (Wildman–Crippen LogP) is 3.24. The third kappa shape index (κ3) is 4.94. The summed E-state index contributed by atoms with van der Waals surface area (Å²) in [6.07, 6.45) is 3.58. The van der Waals surface area contributed by atoms with Gasteiger partial charge in [-0.3, -0.25) is 9.00 Å². The Hall–Kier alpha value is -2.91. The predicted molar refractivity (Wildman–Crippen MR) is 118 cm³/mol. The molecule has 1 aliphatic rings. The molecule has 0 saturated carbocycles. The van der Waals surface area contributed by atoms with Crippen LogP contribution in [-0.2, 0) is 22.0 Å². The molecule has 0 radical (unpaired) electrons. The van der Waals surface area contributed by atoms with Crippen LogP contribution in [0.4, 0.5) is 4.39 Å². The minimum atomic E-state index is -1.06. The number of nitrogens with zero attached hydrogens (tertiary/aromatic N) is 3. The van der Waals surface area contributed by atoms with E-state index in [9.17, 15) is 13.4 Å². The monoisotopic (exact) mass is 456 g/mol. The highest BCUT2D eigenvalue weighted by molar-refractivity contribution is 7.84. The van der Waals surface area contributed by atoms with Gasteiger partial charge in [-0.1, -0.05) is 23.4 Å². The third-order valence-corrected chi connectivity index (χ3v) is 6.56. The van der Waals surface area contributed by atoms with Crippen LogP contribution in [0.2, 0.25) is 0 Å². The number of nitrogens with two attached hydrogens (primary N) is 1. The zero-order valence-corrected chi connectivity index (χ0v) is 18.6. The Morgan fingerprint density at radius 1 is 1.28 bits per heavy atom. The fraction of sp³-hybridized carbons (Fsp3) is 0.348. The molecule has 2 heterocycles. The Labute approximate surface area is 188 Å². The summed E-state index contributed by atoms with van der Waals surface area (Å²) in [4.78, 5) is 19.9. The van der Waals surface area contributed by atoms with Crippen LogP contribution in [0.25, 0.3) is 11.4 Å². The molecule has 0 bridgehead atoms. The highest BCUT2D eigenvalue weighted by Crippen LogP contribution is 2.33. The van der Waals surface area contributed by atoms with Crippen LogP contribution in [0.1, 0.15) is 36.8 Å². The van der Waals surface area contributed by atoms with Crippen LogP contribution in [0.3, 0.4) is 0 Å². The van der Waals surface area contributed by atoms with Crippen molar-refractivity contribution in [2.75, 3.05) is 12.8 Å². The molecule has 2 N–H and O–H groups in total. The van der Waals surface area contributed by atoms with E-state index in [0.717, 1.165) is 23.3 Å². The minimum Gasteiger partial charge on any atom is -0.337 e. The lowest BCUT2D eigenvalue weighted by molar-refractivity contribution is -0.132. The highest BCUT2D eigenvalue weighted by Gasteiger charge is 2.34. The molecule has 1 aliphatic heterocycles. The maximum atomic E-state index is 13.9. The molecular weight excluding hydrogens is 431 g/mol. The summed E-state index contributed by atoms with van der Waals surface area (Å²) < 4.78 is 30.9. The van der Waals surface area contributed by atoms with Crippen LogP contribution in [-0.4, -0.2) is 44.0 Å². The van der Waals surface area contributed by atoms with Crippen molar-refractivity contribution >= 4 is 16.7 Å². The Balaban J connectivity index is 1.42. The van der Waals surface area contributed by atoms with Crippen molar-refractivity contribution in [3.8, 4) is 11.4 Å². The normalized spacial score (nSPS) is 18.0. The van der Waals surface area contributed by atoms with Gasteiger partial charge in [0.25, 0.3) is 0 Å². The van der Waals surface area contributed by atoms with Crippen molar-refractivity contribution in [2.24, 2.45) is 5.73 Å². The molecule has 1 fully saturated rings. The van der Waals surface area contributed by atoms with Gasteiger partial charge in [0.05, 0.1) is 0 Å². The number of carbonyl (C=O) groups is 1. The van der Waals surface area contributed by atoms with E-state index in [1.54, 1.807) is 53.6 Å². The maximum absolute atomic E-state index is 13.9. The van der Waals surface area contributed by atoms with Gasteiger partial charge < -0.3 is 15.2 Å². The van der Waals surface area contributed by atoms with Crippen LogP contribution >= 0.6 is 0 Å². The van der Waals surface area contributed by atoms with E-state index in [0.29, 0.717) is 30.2 Å². The number of halogens is 1. The summed E-state index contributed by atoms with van der Waals surface area (Å²) in [6.45, 7) is 0.588. The Morgan fingerprint density at radius 3 is 2.75 bits per heavy atom. The molecule has 1 aromatic heterocycles. The summed E-state index contributed by atoms with van der Waals surface area (Å²) in [7, 11) is -1.06. The Kier molecular flexibility index (Phi) is 6.76. The zero-order valence-electron chi connectivity index (χ0n) is 17.7. The SMILES string of the molecule is CS(=O)c1ccc(-c2noc(C3CCCN3C(=O)CC(N)Cc3ccccc3F)n2)cc1. The summed E-state index contributed by atoms with van der Waals surface area (Å²) in [5.74, 6) is 0.387. The van der Waals surface area contributed by atoms with Crippen molar-refractivity contribution in [3.05, 3.63) is 65.8 Å². The molecule has 3 aromatic rings. The van der Waals surface area contributed by atoms with E-state index in [-0.39, 0.29) is 24.2 Å². The van der Waals surface area contributed by atoms with Crippen LogP contribution in [0, 0.1) is 5.82 Å². The number of hydrogen-bond acceptors (Lipinski definition) is 6. The molecule has 4 rings (SSSR count). The molecule has 168 valence electrons. The molecule has 1 amide bonds. The van der Waals surface area contributed by atoms with Gasteiger partial charge >= 0.3 is 0 Å². The number of hydrogen-bond donors (Lipinski definition) is 1. The molecule has 0 spiro atoms. The van der Waals surface area contributed by atoms with Gasteiger partial charge in [-0.05, 0) is 55.2 Å². The number of aromatic nitrogens is 2. The third-order valence-electron chi connectivity index (χ3n) is 5.62. The standard InChI is InChI=1S/C23H25FN4O3S/c1-32(30)18-10-8-15(9-11-18)22-26-23(31-27-22)20-7-4-12-28(20)21(29)14-17(25)13-16-5-2-3-6-19(16)24/h2-3,5-6,8-11,17,20H,4,7,12-14,25H2,1H3. The van der Waals surface area contributed by atoms with Crippen molar-refractivity contribution in [1.82, 2.24) is 15.0 Å². The Bertz CT molecular complexity index is 1120. The smallest absolute Gasteiger partial charge is 0.249 e. The molecule has 2 aromatic carbocycles. The van der Waals surface area contributed by atoms with E-state index in [4.69, 9.17) is 10.3 Å². The first-order valence-electron chi connectivity index (χ1n) is 10.5. The van der Waals surface area contributed by atoms with Gasteiger partial charge in [-0.15, -0.1) is 0 Å². The minimum absolute atomic E-state index is 0.106. The number of benzene rings is 2. The highest BCUT2D eigenvalue weighted by atomic mass is 32.2. The molecule has 0 aliphatic carbocycles. The quantitative estimate of drug-likeness (QED) is 0.586. The van der Waals surface area contributed by atoms with Crippen LogP contribution in [0.5, 0.6) is 0 Å². The van der Waals surface area contributed by atoms with Gasteiger partial charge in [-0.25, -0.2) is 4.39 Å². The molecule has 1 saturated heterocycles. The van der Waals surface area contributed by atoms with Crippen molar-refractivity contribution in [3.63, 3.8) is 0 Å². The van der Waals surface area contributed by atoms with E-state index in [2.05, 4.69) is 10.1 Å². The van der Waals surface area contributed by atoms with Gasteiger partial charge in [-0.2, -0.15) is 4.98 Å². The zero-order chi connectivity index (χ0) is 22.7. The van der Waals surface area contributed by atoms with E-state index in [1.807, 2.05) is 0 Å². The average Bonchev–Trinajstić information content (AvgIpc) is 3.45. The topological polar surface area (TPSA) is 102 Å². The van der Waals surface area contributed by atoms with Gasteiger partial charge in [0, 0.05) is 46.5 Å². The lowest BCUT2D eigenvalue weighted by atomic mass is 10.0. The van der Waals surface area contributed by atoms with E-state index < -0.39 is 16.8 Å². The lowest BCUT2D eigenvalue weighted by Crippen LogP contribution is -2.36. The molecule has 32 heavy (non-hydrogen) atoms. The van der Waals surface area contributed by atoms with Gasteiger partial charge in [0.15, 0.2) is 0 Å². The largest absolute Gasteiger partial charge is 0.337 e. The number of amides is 1. The van der Waals surface area contributed by atoms with Crippen LogP contribution < -0.4 is 5.73 Å². The fourth-order valence-corrected chi connectivity index (χ4v) is 4.48. The number of rotatable bonds is 7. The van der Waals surface area contributed by atoms with E-state index in [1.165, 1.54) is 6.07 Å². The molecule has 9 heteroatoms. The first kappa shape index (κ1) is 22.3. The fourth-order valence-electron chi connectivity index (χ4n) is 3.97. The maximum Gasteiger partial charge on any atom is 0.249 e. The summed E-state index contributed by atoms with van der Waals surface area (Å²) >= 11 is 0. The van der Waals surface area contributed by atoms with Crippen molar-refractivity contribution in [1.29, 1.82) is 0 Å². The van der Waals surface area contributed by atoms with Crippen molar-refractivity contribution in [2.45, 2.75) is 42.7 Å².